The minimum Gasteiger partial charge on any atom is -0.298 e. The van der Waals surface area contributed by atoms with Crippen LogP contribution in [0, 0.1) is 5.82 Å². The largest absolute Gasteiger partial charge is 0.298 e. The molecule has 0 aliphatic heterocycles. The van der Waals surface area contributed by atoms with Gasteiger partial charge in [0.2, 0.25) is 0 Å². The Morgan fingerprint density at radius 2 is 2.06 bits per heavy atom. The van der Waals surface area contributed by atoms with Crippen LogP contribution in [0.1, 0.15) is 0 Å². The van der Waals surface area contributed by atoms with Gasteiger partial charge in [0.05, 0.1) is 11.9 Å². The number of hydrogen-bond donors (Lipinski definition) is 0. The van der Waals surface area contributed by atoms with Crippen LogP contribution in [0.15, 0.2) is 47.2 Å². The van der Waals surface area contributed by atoms with E-state index in [2.05, 4.69) is 20.9 Å². The number of rotatable bonds is 1. The van der Waals surface area contributed by atoms with Gasteiger partial charge in [-0.2, -0.15) is 0 Å². The van der Waals surface area contributed by atoms with Gasteiger partial charge in [0.25, 0.3) is 0 Å². The van der Waals surface area contributed by atoms with Crippen molar-refractivity contribution in [3.63, 3.8) is 0 Å². The smallest absolute Gasteiger partial charge is 0.137 e. The number of aromatic nitrogens is 2. The molecule has 0 N–H and O–H groups in total. The summed E-state index contributed by atoms with van der Waals surface area (Å²) in [5.74, 6) is -0.357. The van der Waals surface area contributed by atoms with Gasteiger partial charge in [-0.3, -0.25) is 4.40 Å². The Morgan fingerprint density at radius 1 is 1.22 bits per heavy atom. The van der Waals surface area contributed by atoms with Gasteiger partial charge in [0.15, 0.2) is 0 Å². The van der Waals surface area contributed by atoms with Gasteiger partial charge in [-0.25, -0.2) is 9.37 Å². The molecule has 90 valence electrons. The summed E-state index contributed by atoms with van der Waals surface area (Å²) >= 11 is 9.14. The quantitative estimate of drug-likeness (QED) is 0.641. The van der Waals surface area contributed by atoms with E-state index < -0.39 is 0 Å². The fourth-order valence-electron chi connectivity index (χ4n) is 1.85. The molecule has 0 radical (unpaired) electrons. The van der Waals surface area contributed by atoms with Crippen LogP contribution < -0.4 is 0 Å². The van der Waals surface area contributed by atoms with E-state index in [0.717, 1.165) is 10.1 Å². The van der Waals surface area contributed by atoms with Crippen molar-refractivity contribution in [2.75, 3.05) is 0 Å². The molecule has 2 aromatic heterocycles. The normalized spacial score (nSPS) is 11.1. The van der Waals surface area contributed by atoms with Crippen LogP contribution >= 0.6 is 27.5 Å². The number of imidazole rings is 1. The van der Waals surface area contributed by atoms with E-state index in [1.807, 2.05) is 22.7 Å². The third-order valence-corrected chi connectivity index (χ3v) is 3.38. The molecular weight excluding hydrogens is 319 g/mol. The zero-order valence-electron chi connectivity index (χ0n) is 9.07. The Labute approximate surface area is 116 Å². The molecule has 18 heavy (non-hydrogen) atoms. The molecule has 0 aliphatic rings. The van der Waals surface area contributed by atoms with E-state index in [4.69, 9.17) is 11.6 Å². The minimum absolute atomic E-state index is 0.357. The lowest BCUT2D eigenvalue weighted by atomic mass is 10.1. The number of halogens is 3. The highest BCUT2D eigenvalue weighted by atomic mass is 79.9. The zero-order chi connectivity index (χ0) is 12.7. The Bertz CT molecular complexity index is 739. The maximum absolute atomic E-state index is 13.9. The Hall–Kier alpha value is -1.39. The van der Waals surface area contributed by atoms with Crippen molar-refractivity contribution in [3.8, 4) is 11.3 Å². The van der Waals surface area contributed by atoms with Crippen LogP contribution in [0.25, 0.3) is 16.9 Å². The first-order valence-corrected chi connectivity index (χ1v) is 6.40. The average molecular weight is 326 g/mol. The van der Waals surface area contributed by atoms with E-state index in [1.54, 1.807) is 18.3 Å². The predicted molar refractivity (Wildman–Crippen MR) is 73.3 cm³/mol. The SMILES string of the molecule is Fc1cc(Cl)ccc1-c1cnc2ccc(Br)cn12. The van der Waals surface area contributed by atoms with Gasteiger partial charge >= 0.3 is 0 Å². The number of nitrogens with zero attached hydrogens (tertiary/aromatic N) is 2. The van der Waals surface area contributed by atoms with Crippen molar-refractivity contribution in [1.82, 2.24) is 9.38 Å². The molecule has 3 aromatic rings. The maximum atomic E-state index is 13.9. The summed E-state index contributed by atoms with van der Waals surface area (Å²) in [7, 11) is 0. The fourth-order valence-corrected chi connectivity index (χ4v) is 2.35. The molecule has 0 spiro atoms. The van der Waals surface area contributed by atoms with Crippen LogP contribution in [0.3, 0.4) is 0 Å². The maximum Gasteiger partial charge on any atom is 0.137 e. The summed E-state index contributed by atoms with van der Waals surface area (Å²) in [6.07, 6.45) is 3.50. The number of pyridine rings is 1. The third-order valence-electron chi connectivity index (χ3n) is 2.68. The van der Waals surface area contributed by atoms with E-state index in [1.165, 1.54) is 6.07 Å². The van der Waals surface area contributed by atoms with Crippen molar-refractivity contribution >= 4 is 33.2 Å². The van der Waals surface area contributed by atoms with Gasteiger partial charge in [-0.1, -0.05) is 11.6 Å². The first-order chi connectivity index (χ1) is 8.65. The third kappa shape index (κ3) is 1.91. The standard InChI is InChI=1S/C13H7BrClFN2/c14-8-1-4-13-17-6-12(18(13)7-8)10-3-2-9(15)5-11(10)16/h1-7H. The Balaban J connectivity index is 2.28. The van der Waals surface area contributed by atoms with Gasteiger partial charge in [-0.05, 0) is 46.3 Å². The monoisotopic (exact) mass is 324 g/mol. The molecule has 0 aliphatic carbocycles. The molecule has 5 heteroatoms. The predicted octanol–water partition coefficient (Wildman–Crippen LogP) is 4.56. The van der Waals surface area contributed by atoms with E-state index in [9.17, 15) is 4.39 Å². The Kier molecular flexibility index (Phi) is 2.84. The summed E-state index contributed by atoms with van der Waals surface area (Å²) in [6, 6.07) is 8.37. The summed E-state index contributed by atoms with van der Waals surface area (Å²) in [5.41, 5.74) is 1.94. The van der Waals surface area contributed by atoms with Crippen LogP contribution in [0.5, 0.6) is 0 Å². The second-order valence-corrected chi connectivity index (χ2v) is 5.20. The molecule has 0 fully saturated rings. The first-order valence-electron chi connectivity index (χ1n) is 5.23. The highest BCUT2D eigenvalue weighted by molar-refractivity contribution is 9.10. The molecule has 0 saturated heterocycles. The molecule has 2 heterocycles. The van der Waals surface area contributed by atoms with Crippen molar-refractivity contribution in [3.05, 3.63) is 58.0 Å². The van der Waals surface area contributed by atoms with Gasteiger partial charge in [0.1, 0.15) is 11.5 Å². The average Bonchev–Trinajstić information content (AvgIpc) is 2.72. The van der Waals surface area contributed by atoms with E-state index in [-0.39, 0.29) is 5.82 Å². The molecule has 0 amide bonds. The van der Waals surface area contributed by atoms with Crippen LogP contribution in [-0.4, -0.2) is 9.38 Å². The summed E-state index contributed by atoms with van der Waals surface area (Å²) in [6.45, 7) is 0. The lowest BCUT2D eigenvalue weighted by molar-refractivity contribution is 0.630. The number of benzene rings is 1. The second-order valence-electron chi connectivity index (χ2n) is 3.84. The minimum atomic E-state index is -0.357. The molecule has 0 unspecified atom stereocenters. The second kappa shape index (κ2) is 4.37. The molecule has 2 nitrogen and oxygen atoms in total. The topological polar surface area (TPSA) is 17.3 Å². The van der Waals surface area contributed by atoms with Gasteiger partial charge in [0, 0.05) is 21.3 Å². The van der Waals surface area contributed by atoms with Gasteiger partial charge < -0.3 is 0 Å². The van der Waals surface area contributed by atoms with Crippen molar-refractivity contribution < 1.29 is 4.39 Å². The summed E-state index contributed by atoms with van der Waals surface area (Å²) in [5, 5.41) is 0.381. The molecule has 0 bridgehead atoms. The highest BCUT2D eigenvalue weighted by Gasteiger charge is 2.11. The van der Waals surface area contributed by atoms with Crippen LogP contribution in [0.2, 0.25) is 5.02 Å². The van der Waals surface area contributed by atoms with Crippen molar-refractivity contribution in [2.24, 2.45) is 0 Å². The van der Waals surface area contributed by atoms with Crippen molar-refractivity contribution in [1.29, 1.82) is 0 Å². The summed E-state index contributed by atoms with van der Waals surface area (Å²) < 4.78 is 16.6. The molecule has 3 rings (SSSR count). The number of fused-ring (bicyclic) bond motifs is 1. The van der Waals surface area contributed by atoms with E-state index in [0.29, 0.717) is 16.3 Å². The highest BCUT2D eigenvalue weighted by Crippen LogP contribution is 2.27. The fraction of sp³-hybridized carbons (Fsp3) is 0. The Morgan fingerprint density at radius 3 is 2.83 bits per heavy atom. The lowest BCUT2D eigenvalue weighted by Gasteiger charge is -2.04. The van der Waals surface area contributed by atoms with Gasteiger partial charge in [-0.15, -0.1) is 0 Å². The van der Waals surface area contributed by atoms with Crippen LogP contribution in [-0.2, 0) is 0 Å². The number of hydrogen-bond acceptors (Lipinski definition) is 1. The lowest BCUT2D eigenvalue weighted by Crippen LogP contribution is -1.90. The van der Waals surface area contributed by atoms with E-state index >= 15 is 0 Å². The summed E-state index contributed by atoms with van der Waals surface area (Å²) in [4.78, 5) is 4.24. The van der Waals surface area contributed by atoms with Crippen molar-refractivity contribution in [2.45, 2.75) is 0 Å². The molecule has 0 saturated carbocycles. The molecule has 1 aromatic carbocycles. The molecule has 0 atom stereocenters. The first kappa shape index (κ1) is 11.7. The zero-order valence-corrected chi connectivity index (χ0v) is 11.4. The van der Waals surface area contributed by atoms with Crippen LogP contribution in [0.4, 0.5) is 4.39 Å². The molecular formula is C13H7BrClFN2.